The molecular weight excluding hydrogens is 346 g/mol. The van der Waals surface area contributed by atoms with Crippen LogP contribution in [0.4, 0.5) is 0 Å². The van der Waals surface area contributed by atoms with E-state index in [2.05, 4.69) is 101 Å². The van der Waals surface area contributed by atoms with Crippen molar-refractivity contribution >= 4 is 37.7 Å². The Kier molecular flexibility index (Phi) is 3.42. The van der Waals surface area contributed by atoms with Crippen LogP contribution in [0.25, 0.3) is 27.5 Å². The fraction of sp³-hybridized carbons (Fsp3) is 0.0952. The molecular formula is C21H17BrN+. The highest BCUT2D eigenvalue weighted by atomic mass is 79.9. The highest BCUT2D eigenvalue weighted by molar-refractivity contribution is 9.10. The lowest BCUT2D eigenvalue weighted by atomic mass is 10.1. The first kappa shape index (κ1) is 14.4. The van der Waals surface area contributed by atoms with Crippen LogP contribution >= 0.6 is 15.9 Å². The van der Waals surface area contributed by atoms with Crippen molar-refractivity contribution in [1.29, 1.82) is 0 Å². The predicted molar refractivity (Wildman–Crippen MR) is 100 cm³/mol. The zero-order chi connectivity index (χ0) is 16.0. The van der Waals surface area contributed by atoms with Crippen LogP contribution in [0.2, 0.25) is 0 Å². The zero-order valence-electron chi connectivity index (χ0n) is 13.2. The molecule has 1 nitrogen and oxygen atoms in total. The maximum absolute atomic E-state index is 3.61. The summed E-state index contributed by atoms with van der Waals surface area (Å²) in [5.41, 5.74) is 6.27. The van der Waals surface area contributed by atoms with Crippen LogP contribution < -0.4 is 4.57 Å². The molecule has 0 spiro atoms. The van der Waals surface area contributed by atoms with Gasteiger partial charge in [-0.3, -0.25) is 0 Å². The Balaban J connectivity index is 2.25. The van der Waals surface area contributed by atoms with Crippen LogP contribution in [-0.2, 0) is 0 Å². The summed E-state index contributed by atoms with van der Waals surface area (Å²) in [5, 5.41) is 2.51. The minimum Gasteiger partial charge on any atom is -0.152 e. The monoisotopic (exact) mass is 362 g/mol. The number of benzene rings is 3. The van der Waals surface area contributed by atoms with E-state index in [1.807, 2.05) is 0 Å². The molecule has 0 amide bonds. The largest absolute Gasteiger partial charge is 0.219 e. The van der Waals surface area contributed by atoms with Crippen molar-refractivity contribution in [3.05, 3.63) is 82.3 Å². The van der Waals surface area contributed by atoms with Crippen LogP contribution in [0.5, 0.6) is 0 Å². The molecule has 0 saturated heterocycles. The summed E-state index contributed by atoms with van der Waals surface area (Å²) >= 11 is 3.61. The van der Waals surface area contributed by atoms with Gasteiger partial charge >= 0.3 is 0 Å². The summed E-state index contributed by atoms with van der Waals surface area (Å²) in [6.45, 7) is 4.35. The Morgan fingerprint density at radius 2 is 1.17 bits per heavy atom. The molecule has 0 atom stereocenters. The second-order valence-electron chi connectivity index (χ2n) is 5.99. The topological polar surface area (TPSA) is 3.88 Å². The third-order valence-corrected chi connectivity index (χ3v) is 4.80. The van der Waals surface area contributed by atoms with Crippen molar-refractivity contribution in [1.82, 2.24) is 0 Å². The predicted octanol–water partition coefficient (Wildman–Crippen LogP) is 5.65. The van der Waals surface area contributed by atoms with E-state index in [0.29, 0.717) is 0 Å². The molecule has 3 aromatic carbocycles. The molecule has 2 heteroatoms. The molecule has 23 heavy (non-hydrogen) atoms. The van der Waals surface area contributed by atoms with Gasteiger partial charge in [0.25, 0.3) is 0 Å². The van der Waals surface area contributed by atoms with E-state index >= 15 is 0 Å². The first-order valence-electron chi connectivity index (χ1n) is 7.75. The number of aromatic nitrogens is 1. The Labute approximate surface area is 144 Å². The lowest BCUT2D eigenvalue weighted by Gasteiger charge is -2.10. The fourth-order valence-electron chi connectivity index (χ4n) is 3.42. The Morgan fingerprint density at radius 1 is 0.696 bits per heavy atom. The van der Waals surface area contributed by atoms with Crippen LogP contribution in [-0.4, -0.2) is 0 Å². The Bertz CT molecular complexity index is 973. The van der Waals surface area contributed by atoms with Crippen molar-refractivity contribution in [2.45, 2.75) is 13.8 Å². The van der Waals surface area contributed by atoms with Crippen molar-refractivity contribution in [3.8, 4) is 5.69 Å². The fourth-order valence-corrected chi connectivity index (χ4v) is 4.11. The lowest BCUT2D eigenvalue weighted by molar-refractivity contribution is -0.539. The quantitative estimate of drug-likeness (QED) is 0.304. The van der Waals surface area contributed by atoms with Gasteiger partial charge in [0, 0.05) is 38.5 Å². The molecule has 0 aliphatic carbocycles. The first-order chi connectivity index (χ1) is 11.1. The minimum absolute atomic E-state index is 1.13. The van der Waals surface area contributed by atoms with E-state index in [9.17, 15) is 0 Å². The normalized spacial score (nSPS) is 11.3. The highest BCUT2D eigenvalue weighted by Gasteiger charge is 2.21. The lowest BCUT2D eigenvalue weighted by Crippen LogP contribution is -2.34. The average Bonchev–Trinajstić information content (AvgIpc) is 2.53. The van der Waals surface area contributed by atoms with Crippen LogP contribution in [0.1, 0.15) is 11.1 Å². The molecule has 1 heterocycles. The molecule has 0 aliphatic heterocycles. The molecule has 0 radical (unpaired) electrons. The number of nitrogens with zero attached hydrogens (tertiary/aromatic N) is 1. The summed E-state index contributed by atoms with van der Waals surface area (Å²) in [4.78, 5) is 0. The molecule has 0 unspecified atom stereocenters. The molecule has 112 valence electrons. The van der Waals surface area contributed by atoms with E-state index in [4.69, 9.17) is 0 Å². The molecule has 4 rings (SSSR count). The third kappa shape index (κ3) is 2.34. The Morgan fingerprint density at radius 3 is 1.70 bits per heavy atom. The van der Waals surface area contributed by atoms with Gasteiger partial charge in [0.2, 0.25) is 16.7 Å². The van der Waals surface area contributed by atoms with E-state index in [0.717, 1.165) is 4.47 Å². The summed E-state index contributed by atoms with van der Waals surface area (Å²) in [6.07, 6.45) is 0. The molecule has 0 N–H and O–H groups in total. The zero-order valence-corrected chi connectivity index (χ0v) is 14.8. The second-order valence-corrected chi connectivity index (χ2v) is 6.90. The molecule has 0 fully saturated rings. The number of rotatable bonds is 1. The number of fused-ring (bicyclic) bond motifs is 2. The molecule has 4 aromatic rings. The second kappa shape index (κ2) is 5.47. The van der Waals surface area contributed by atoms with Gasteiger partial charge in [-0.25, -0.2) is 0 Å². The van der Waals surface area contributed by atoms with Gasteiger partial charge in [0.15, 0.2) is 0 Å². The van der Waals surface area contributed by atoms with Crippen molar-refractivity contribution in [2.24, 2.45) is 0 Å². The van der Waals surface area contributed by atoms with Gasteiger partial charge in [-0.05, 0) is 44.2 Å². The first-order valence-corrected chi connectivity index (χ1v) is 8.54. The number of aryl methyl sites for hydroxylation is 2. The van der Waals surface area contributed by atoms with Gasteiger partial charge in [-0.15, -0.1) is 0 Å². The van der Waals surface area contributed by atoms with Crippen LogP contribution in [0.3, 0.4) is 0 Å². The summed E-state index contributed by atoms with van der Waals surface area (Å²) in [7, 11) is 0. The third-order valence-electron chi connectivity index (χ3n) is 4.35. The Hall–Kier alpha value is -2.19. The maximum atomic E-state index is 3.61. The average molecular weight is 363 g/mol. The molecule has 0 aliphatic rings. The van der Waals surface area contributed by atoms with Crippen LogP contribution in [0, 0.1) is 13.8 Å². The number of pyridine rings is 1. The highest BCUT2D eigenvalue weighted by Crippen LogP contribution is 2.25. The molecule has 0 saturated carbocycles. The van der Waals surface area contributed by atoms with Crippen LogP contribution in [0.15, 0.2) is 71.2 Å². The van der Waals surface area contributed by atoms with E-state index < -0.39 is 0 Å². The van der Waals surface area contributed by atoms with E-state index in [1.165, 1.54) is 38.6 Å². The smallest absolute Gasteiger partial charge is 0.152 e. The summed E-state index contributed by atoms with van der Waals surface area (Å²) in [6, 6.07) is 23.8. The SMILES string of the molecule is Cc1cc(Br)cc(C)c1-[n+]1c2ccccc2cc2ccccc21. The van der Waals surface area contributed by atoms with Gasteiger partial charge in [-0.2, -0.15) is 4.57 Å². The van der Waals surface area contributed by atoms with Gasteiger partial charge < -0.3 is 0 Å². The van der Waals surface area contributed by atoms with Crippen molar-refractivity contribution in [2.75, 3.05) is 0 Å². The van der Waals surface area contributed by atoms with E-state index in [1.54, 1.807) is 0 Å². The number of hydrogen-bond acceptors (Lipinski definition) is 0. The van der Waals surface area contributed by atoms with E-state index in [-0.39, 0.29) is 0 Å². The van der Waals surface area contributed by atoms with Crippen molar-refractivity contribution < 1.29 is 4.57 Å². The molecule has 1 aromatic heterocycles. The number of hydrogen-bond donors (Lipinski definition) is 0. The minimum atomic E-state index is 1.13. The van der Waals surface area contributed by atoms with Gasteiger partial charge in [0.05, 0.1) is 0 Å². The number of halogens is 1. The standard InChI is InChI=1S/C21H17BrN/c1-14-11-18(22)12-15(2)21(14)23-19-9-5-3-7-16(19)13-17-8-4-6-10-20(17)23/h3-13H,1-2H3/q+1. The maximum Gasteiger partial charge on any atom is 0.219 e. The molecule has 0 bridgehead atoms. The summed E-state index contributed by atoms with van der Waals surface area (Å²) in [5.74, 6) is 0. The van der Waals surface area contributed by atoms with Gasteiger partial charge in [0.1, 0.15) is 0 Å². The van der Waals surface area contributed by atoms with Crippen molar-refractivity contribution in [3.63, 3.8) is 0 Å². The number of para-hydroxylation sites is 2. The summed E-state index contributed by atoms with van der Waals surface area (Å²) < 4.78 is 3.52. The van der Waals surface area contributed by atoms with Gasteiger partial charge in [-0.1, -0.05) is 40.2 Å².